The maximum atomic E-state index is 12.9. The fourth-order valence-electron chi connectivity index (χ4n) is 6.74. The summed E-state index contributed by atoms with van der Waals surface area (Å²) in [5, 5.41) is 0. The molecule has 6 atom stereocenters. The summed E-state index contributed by atoms with van der Waals surface area (Å²) in [6.07, 6.45) is 9.86. The Kier molecular flexibility index (Phi) is 2.94. The van der Waals surface area contributed by atoms with Gasteiger partial charge in [-0.25, -0.2) is 0 Å². The average Bonchev–Trinajstić information content (AvgIpc) is 2.76. The van der Waals surface area contributed by atoms with Crippen molar-refractivity contribution in [2.75, 3.05) is 0 Å². The maximum Gasteiger partial charge on any atom is 0.139 e. The van der Waals surface area contributed by atoms with Crippen LogP contribution in [0.3, 0.4) is 0 Å². The van der Waals surface area contributed by atoms with Crippen LogP contribution in [0.15, 0.2) is 0 Å². The zero-order valence-corrected chi connectivity index (χ0v) is 13.5. The van der Waals surface area contributed by atoms with Crippen LogP contribution < -0.4 is 0 Å². The molecule has 0 spiro atoms. The minimum atomic E-state index is -0.172. The topological polar surface area (TPSA) is 34.1 Å². The van der Waals surface area contributed by atoms with Crippen molar-refractivity contribution in [2.45, 2.75) is 71.6 Å². The second kappa shape index (κ2) is 4.43. The molecule has 0 aliphatic heterocycles. The third kappa shape index (κ3) is 1.71. The number of Topliss-reactive ketones (excluding diaryl/α,β-unsaturated/α-hetero) is 2. The standard InChI is InChI=1S/C19H28O2/c1-18-9-4-3-5-12(18)11-15(20)17-13-6-7-16(21)19(13,2)10-8-14(17)18/h12-14,17H,3-11H2,1-2H3/t12-,13-,14-,17-,18-,19-/m0/s1. The predicted molar refractivity (Wildman–Crippen MR) is 81.7 cm³/mol. The Morgan fingerprint density at radius 1 is 0.952 bits per heavy atom. The van der Waals surface area contributed by atoms with Crippen molar-refractivity contribution in [3.8, 4) is 0 Å². The highest BCUT2D eigenvalue weighted by Crippen LogP contribution is 2.64. The Morgan fingerprint density at radius 3 is 2.57 bits per heavy atom. The Balaban J connectivity index is 1.72. The van der Waals surface area contributed by atoms with Gasteiger partial charge in [0.05, 0.1) is 0 Å². The molecule has 0 aromatic carbocycles. The van der Waals surface area contributed by atoms with E-state index < -0.39 is 0 Å². The van der Waals surface area contributed by atoms with Crippen molar-refractivity contribution in [3.63, 3.8) is 0 Å². The highest BCUT2D eigenvalue weighted by atomic mass is 16.1. The van der Waals surface area contributed by atoms with Crippen LogP contribution >= 0.6 is 0 Å². The van der Waals surface area contributed by atoms with E-state index in [0.29, 0.717) is 34.7 Å². The van der Waals surface area contributed by atoms with Crippen LogP contribution in [0.2, 0.25) is 0 Å². The molecule has 4 aliphatic carbocycles. The molecule has 0 unspecified atom stereocenters. The molecule has 2 heteroatoms. The first-order valence-electron chi connectivity index (χ1n) is 9.03. The molecule has 0 bridgehead atoms. The van der Waals surface area contributed by atoms with Crippen LogP contribution in [0.5, 0.6) is 0 Å². The van der Waals surface area contributed by atoms with Crippen LogP contribution in [-0.2, 0) is 9.59 Å². The molecule has 4 aliphatic rings. The van der Waals surface area contributed by atoms with E-state index in [9.17, 15) is 9.59 Å². The fourth-order valence-corrected chi connectivity index (χ4v) is 6.74. The summed E-state index contributed by atoms with van der Waals surface area (Å²) in [5.41, 5.74) is 0.207. The van der Waals surface area contributed by atoms with E-state index in [0.717, 1.165) is 32.1 Å². The molecule has 0 radical (unpaired) electrons. The van der Waals surface area contributed by atoms with Gasteiger partial charge in [-0.1, -0.05) is 26.7 Å². The molecule has 4 saturated carbocycles. The number of carbonyl (C=O) groups is 2. The predicted octanol–water partition coefficient (Wildman–Crippen LogP) is 4.17. The SMILES string of the molecule is C[C@]12CCCC[C@H]1CC(=O)[C@@H]1[C@@H]2CC[C@]2(C)C(=O)CC[C@@H]12. The van der Waals surface area contributed by atoms with Gasteiger partial charge in [0.25, 0.3) is 0 Å². The molecule has 0 heterocycles. The third-order valence-electron chi connectivity index (χ3n) is 8.10. The average molecular weight is 288 g/mol. The normalized spacial score (nSPS) is 53.0. The first-order valence-corrected chi connectivity index (χ1v) is 9.03. The Labute approximate surface area is 128 Å². The van der Waals surface area contributed by atoms with Gasteiger partial charge in [-0.3, -0.25) is 9.59 Å². The summed E-state index contributed by atoms with van der Waals surface area (Å²) in [6.45, 7) is 4.63. The van der Waals surface area contributed by atoms with Gasteiger partial charge < -0.3 is 0 Å². The van der Waals surface area contributed by atoms with E-state index in [1.807, 2.05) is 0 Å². The van der Waals surface area contributed by atoms with Crippen LogP contribution in [0.1, 0.15) is 71.6 Å². The number of carbonyl (C=O) groups excluding carboxylic acids is 2. The molecule has 116 valence electrons. The van der Waals surface area contributed by atoms with Crippen molar-refractivity contribution in [1.29, 1.82) is 0 Å². The Hall–Kier alpha value is -0.660. The van der Waals surface area contributed by atoms with Gasteiger partial charge in [0, 0.05) is 24.2 Å². The number of ketones is 2. The van der Waals surface area contributed by atoms with E-state index >= 15 is 0 Å². The maximum absolute atomic E-state index is 12.9. The summed E-state index contributed by atoms with van der Waals surface area (Å²) in [6, 6.07) is 0. The smallest absolute Gasteiger partial charge is 0.139 e. The fraction of sp³-hybridized carbons (Fsp3) is 0.895. The van der Waals surface area contributed by atoms with E-state index in [2.05, 4.69) is 13.8 Å². The van der Waals surface area contributed by atoms with Gasteiger partial charge in [0.1, 0.15) is 11.6 Å². The first kappa shape index (κ1) is 14.0. The molecular formula is C19H28O2. The second-order valence-electron chi connectivity index (χ2n) is 8.78. The molecule has 0 aromatic heterocycles. The second-order valence-corrected chi connectivity index (χ2v) is 8.78. The lowest BCUT2D eigenvalue weighted by molar-refractivity contribution is -0.156. The van der Waals surface area contributed by atoms with E-state index in [1.54, 1.807) is 0 Å². The van der Waals surface area contributed by atoms with Crippen LogP contribution in [-0.4, -0.2) is 11.6 Å². The lowest BCUT2D eigenvalue weighted by Crippen LogP contribution is -2.56. The minimum absolute atomic E-state index is 0.172. The summed E-state index contributed by atoms with van der Waals surface area (Å²) < 4.78 is 0. The summed E-state index contributed by atoms with van der Waals surface area (Å²) in [4.78, 5) is 25.3. The summed E-state index contributed by atoms with van der Waals surface area (Å²) in [5.74, 6) is 2.70. The monoisotopic (exact) mass is 288 g/mol. The molecule has 0 saturated heterocycles. The molecule has 2 nitrogen and oxygen atoms in total. The van der Waals surface area contributed by atoms with E-state index in [1.165, 1.54) is 25.7 Å². The van der Waals surface area contributed by atoms with E-state index in [4.69, 9.17) is 0 Å². The number of fused-ring (bicyclic) bond motifs is 5. The van der Waals surface area contributed by atoms with Crippen LogP contribution in [0, 0.1) is 34.5 Å². The van der Waals surface area contributed by atoms with Gasteiger partial charge >= 0.3 is 0 Å². The lowest BCUT2D eigenvalue weighted by Gasteiger charge is -2.58. The third-order valence-corrected chi connectivity index (χ3v) is 8.10. The zero-order valence-electron chi connectivity index (χ0n) is 13.5. The van der Waals surface area contributed by atoms with Gasteiger partial charge in [-0.15, -0.1) is 0 Å². The number of hydrogen-bond donors (Lipinski definition) is 0. The van der Waals surface area contributed by atoms with E-state index in [-0.39, 0.29) is 11.3 Å². The van der Waals surface area contributed by atoms with Crippen LogP contribution in [0.25, 0.3) is 0 Å². The van der Waals surface area contributed by atoms with Crippen molar-refractivity contribution in [1.82, 2.24) is 0 Å². The van der Waals surface area contributed by atoms with Crippen LogP contribution in [0.4, 0.5) is 0 Å². The van der Waals surface area contributed by atoms with Crippen molar-refractivity contribution in [2.24, 2.45) is 34.5 Å². The summed E-state index contributed by atoms with van der Waals surface area (Å²) >= 11 is 0. The van der Waals surface area contributed by atoms with Crippen molar-refractivity contribution in [3.05, 3.63) is 0 Å². The number of rotatable bonds is 0. The molecular weight excluding hydrogens is 260 g/mol. The highest BCUT2D eigenvalue weighted by molar-refractivity contribution is 5.90. The Bertz CT molecular complexity index is 496. The molecule has 21 heavy (non-hydrogen) atoms. The van der Waals surface area contributed by atoms with Gasteiger partial charge in [0.2, 0.25) is 0 Å². The lowest BCUT2D eigenvalue weighted by atomic mass is 9.45. The van der Waals surface area contributed by atoms with Gasteiger partial charge in [-0.2, -0.15) is 0 Å². The Morgan fingerprint density at radius 2 is 1.76 bits per heavy atom. The zero-order chi connectivity index (χ0) is 14.8. The quantitative estimate of drug-likeness (QED) is 0.670. The molecule has 4 fully saturated rings. The summed E-state index contributed by atoms with van der Waals surface area (Å²) in [7, 11) is 0. The van der Waals surface area contributed by atoms with Gasteiger partial charge in [0.15, 0.2) is 0 Å². The first-order chi connectivity index (χ1) is 9.97. The molecule has 4 rings (SSSR count). The molecule has 0 amide bonds. The van der Waals surface area contributed by atoms with Gasteiger partial charge in [-0.05, 0) is 55.3 Å². The van der Waals surface area contributed by atoms with Crippen molar-refractivity contribution >= 4 is 11.6 Å². The largest absolute Gasteiger partial charge is 0.299 e. The highest BCUT2D eigenvalue weighted by Gasteiger charge is 2.62. The molecule has 0 aromatic rings. The molecule has 0 N–H and O–H groups in total. The minimum Gasteiger partial charge on any atom is -0.299 e. The number of hydrogen-bond acceptors (Lipinski definition) is 2. The van der Waals surface area contributed by atoms with Crippen molar-refractivity contribution < 1.29 is 9.59 Å².